The van der Waals surface area contributed by atoms with E-state index in [1.165, 1.54) is 0 Å². The Morgan fingerprint density at radius 2 is 1.97 bits per heavy atom. The first kappa shape index (κ1) is 24.1. The number of amides is 1. The van der Waals surface area contributed by atoms with Crippen LogP contribution in [0.1, 0.15) is 6.42 Å². The van der Waals surface area contributed by atoms with Crippen molar-refractivity contribution in [1.82, 2.24) is 25.2 Å². The molecule has 3 N–H and O–H groups in total. The van der Waals surface area contributed by atoms with E-state index in [0.29, 0.717) is 27.7 Å². The van der Waals surface area contributed by atoms with Crippen molar-refractivity contribution < 1.29 is 9.53 Å². The maximum atomic E-state index is 12.7. The highest BCUT2D eigenvalue weighted by molar-refractivity contribution is 6.34. The number of carbonyl (C=O) groups excluding carboxylic acids is 1. The monoisotopic (exact) mass is 521 g/mol. The summed E-state index contributed by atoms with van der Waals surface area (Å²) in [5.74, 6) is 1.80. The number of nitrogens with one attached hydrogen (secondary N) is 3. The van der Waals surface area contributed by atoms with E-state index in [1.54, 1.807) is 20.4 Å². The van der Waals surface area contributed by atoms with Crippen LogP contribution < -0.4 is 20.3 Å². The number of ether oxygens (including phenoxy) is 1. The Balaban J connectivity index is 1.33. The van der Waals surface area contributed by atoms with E-state index in [2.05, 4.69) is 61.7 Å². The maximum Gasteiger partial charge on any atom is 0.225 e. The zero-order valence-electron chi connectivity index (χ0n) is 21.3. The molecule has 2 fully saturated rings. The van der Waals surface area contributed by atoms with E-state index in [1.807, 2.05) is 6.07 Å². The number of H-pyrrole nitrogens is 1. The Labute approximate surface area is 221 Å². The highest BCUT2D eigenvalue weighted by Gasteiger charge is 2.48. The van der Waals surface area contributed by atoms with Gasteiger partial charge in [0.15, 0.2) is 5.65 Å². The number of nitrogens with zero attached hydrogens (tertiary/aromatic N) is 4. The zero-order valence-corrected chi connectivity index (χ0v) is 22.0. The van der Waals surface area contributed by atoms with Gasteiger partial charge in [-0.15, -0.1) is 0 Å². The molecule has 2 aromatic heterocycles. The summed E-state index contributed by atoms with van der Waals surface area (Å²) in [6.07, 6.45) is 6.96. The Morgan fingerprint density at radius 3 is 2.73 bits per heavy atom. The van der Waals surface area contributed by atoms with Crippen LogP contribution in [0, 0.1) is 17.8 Å². The maximum absolute atomic E-state index is 12.7. The number of aromatic amines is 1. The van der Waals surface area contributed by atoms with Crippen LogP contribution in [0.2, 0.25) is 5.02 Å². The van der Waals surface area contributed by atoms with Gasteiger partial charge in [0, 0.05) is 51.0 Å². The number of anilines is 2. The molecule has 1 aliphatic heterocycles. The molecule has 6 rings (SSSR count). The largest absolute Gasteiger partial charge is 0.496 e. The number of allylic oxidation sites excluding steroid dienone is 1. The lowest BCUT2D eigenvalue weighted by Gasteiger charge is -2.34. The fourth-order valence-corrected chi connectivity index (χ4v) is 6.24. The van der Waals surface area contributed by atoms with Gasteiger partial charge in [0.25, 0.3) is 0 Å². The van der Waals surface area contributed by atoms with Gasteiger partial charge in [-0.1, -0.05) is 23.8 Å². The third-order valence-electron chi connectivity index (χ3n) is 8.10. The van der Waals surface area contributed by atoms with Crippen LogP contribution >= 0.6 is 11.6 Å². The van der Waals surface area contributed by atoms with Crippen LogP contribution in [0.15, 0.2) is 36.5 Å². The number of hydrogen-bond acceptors (Lipinski definition) is 7. The van der Waals surface area contributed by atoms with Crippen molar-refractivity contribution >= 4 is 40.0 Å². The first-order chi connectivity index (χ1) is 18.0. The van der Waals surface area contributed by atoms with Gasteiger partial charge >= 0.3 is 0 Å². The second-order valence-electron chi connectivity index (χ2n) is 10.2. The number of halogens is 1. The molecule has 10 heteroatoms. The number of carbonyl (C=O) groups is 1. The summed E-state index contributed by atoms with van der Waals surface area (Å²) in [6, 6.07) is 6.17. The Bertz CT molecular complexity index is 1360. The smallest absolute Gasteiger partial charge is 0.225 e. The minimum Gasteiger partial charge on any atom is -0.496 e. The van der Waals surface area contributed by atoms with Crippen LogP contribution in [-0.4, -0.2) is 79.2 Å². The third kappa shape index (κ3) is 4.20. The predicted molar refractivity (Wildman–Crippen MR) is 146 cm³/mol. The summed E-state index contributed by atoms with van der Waals surface area (Å²) in [7, 11) is 5.52. The van der Waals surface area contributed by atoms with Crippen molar-refractivity contribution in [2.75, 3.05) is 57.6 Å². The van der Waals surface area contributed by atoms with Gasteiger partial charge < -0.3 is 30.2 Å². The van der Waals surface area contributed by atoms with E-state index in [9.17, 15) is 4.79 Å². The third-order valence-corrected chi connectivity index (χ3v) is 8.38. The molecule has 3 heterocycles. The highest BCUT2D eigenvalue weighted by atomic mass is 35.5. The van der Waals surface area contributed by atoms with Crippen molar-refractivity contribution in [2.24, 2.45) is 17.8 Å². The quantitative estimate of drug-likeness (QED) is 0.428. The highest BCUT2D eigenvalue weighted by Crippen LogP contribution is 2.46. The number of imidazole rings is 1. The molecule has 0 unspecified atom stereocenters. The van der Waals surface area contributed by atoms with Crippen molar-refractivity contribution in [2.45, 2.75) is 12.5 Å². The van der Waals surface area contributed by atoms with Crippen molar-refractivity contribution in [3.8, 4) is 17.1 Å². The van der Waals surface area contributed by atoms with Gasteiger partial charge in [0.05, 0.1) is 35.5 Å². The molecule has 3 aromatic rings. The molecule has 4 atom stereocenters. The fourth-order valence-electron chi connectivity index (χ4n) is 6.04. The lowest BCUT2D eigenvalue weighted by Crippen LogP contribution is -2.44. The molecule has 0 spiro atoms. The van der Waals surface area contributed by atoms with Crippen LogP contribution in [0.25, 0.3) is 22.6 Å². The summed E-state index contributed by atoms with van der Waals surface area (Å²) in [4.78, 5) is 30.2. The molecule has 3 aliphatic rings. The van der Waals surface area contributed by atoms with Crippen molar-refractivity contribution in [3.05, 3.63) is 41.6 Å². The molecule has 9 nitrogen and oxygen atoms in total. The fraction of sp³-hybridized carbons (Fsp3) is 0.444. The molecule has 2 bridgehead atoms. The van der Waals surface area contributed by atoms with E-state index in [0.717, 1.165) is 49.6 Å². The Morgan fingerprint density at radius 1 is 1.19 bits per heavy atom. The normalized spacial score (nSPS) is 25.1. The van der Waals surface area contributed by atoms with Gasteiger partial charge in [0.2, 0.25) is 5.91 Å². The number of fused-ring (bicyclic) bond motifs is 3. The average molecular weight is 522 g/mol. The van der Waals surface area contributed by atoms with Crippen LogP contribution in [0.4, 0.5) is 11.4 Å². The van der Waals surface area contributed by atoms with Gasteiger partial charge in [-0.25, -0.2) is 9.97 Å². The van der Waals surface area contributed by atoms with Gasteiger partial charge in [-0.05, 0) is 37.4 Å². The van der Waals surface area contributed by atoms with Gasteiger partial charge in [0.1, 0.15) is 17.1 Å². The molecule has 2 aliphatic carbocycles. The SMILES string of the molecule is CNC(=O)[C@@H]1[C@H](Nc2c(Cl)cnc3[nH]c(-c4ccc(N5CCN(C)CC5)cc4OC)nc23)[C@H]2C=C[C@@H]1C2. The second-order valence-corrected chi connectivity index (χ2v) is 10.6. The lowest BCUT2D eigenvalue weighted by atomic mass is 9.88. The number of piperazine rings is 1. The van der Waals surface area contributed by atoms with Gasteiger partial charge in [-0.3, -0.25) is 4.79 Å². The molecule has 194 valence electrons. The summed E-state index contributed by atoms with van der Waals surface area (Å²) >= 11 is 6.64. The molecule has 1 saturated carbocycles. The summed E-state index contributed by atoms with van der Waals surface area (Å²) in [6.45, 7) is 4.04. The molecule has 1 saturated heterocycles. The van der Waals surface area contributed by atoms with Crippen molar-refractivity contribution in [3.63, 3.8) is 0 Å². The first-order valence-corrected chi connectivity index (χ1v) is 13.2. The first-order valence-electron chi connectivity index (χ1n) is 12.8. The topological polar surface area (TPSA) is 98.4 Å². The second kappa shape index (κ2) is 9.54. The minimum absolute atomic E-state index is 0.0451. The number of aromatic nitrogens is 3. The van der Waals surface area contributed by atoms with Gasteiger partial charge in [-0.2, -0.15) is 0 Å². The average Bonchev–Trinajstić information content (AvgIpc) is 3.65. The zero-order chi connectivity index (χ0) is 25.7. The number of rotatable bonds is 6. The Hall–Kier alpha value is -3.30. The van der Waals surface area contributed by atoms with E-state index < -0.39 is 0 Å². The molecule has 37 heavy (non-hydrogen) atoms. The predicted octanol–water partition coefficient (Wildman–Crippen LogP) is 3.39. The number of likely N-dealkylation sites (N-methyl/N-ethyl adjacent to an activating group) is 1. The number of hydrogen-bond donors (Lipinski definition) is 3. The number of benzene rings is 1. The minimum atomic E-state index is -0.153. The summed E-state index contributed by atoms with van der Waals surface area (Å²) < 4.78 is 5.78. The van der Waals surface area contributed by atoms with E-state index in [-0.39, 0.29) is 29.7 Å². The molecule has 0 radical (unpaired) electrons. The lowest BCUT2D eigenvalue weighted by molar-refractivity contribution is -0.125. The standard InChI is InChI=1S/C27H32ClN7O2/c1-29-27(36)21-15-4-5-16(12-15)22(21)31-23-19(28)14-30-26-24(23)32-25(33-26)18-7-6-17(13-20(18)37-3)35-10-8-34(2)9-11-35/h4-7,13-16,21-22H,8-12H2,1-3H3,(H,29,36)(H2,30,31,32,33)/t15-,16+,21+,22-/m1/s1. The number of methoxy groups -OCH3 is 1. The van der Waals surface area contributed by atoms with Crippen LogP contribution in [0.5, 0.6) is 5.75 Å². The molecule has 1 aromatic carbocycles. The summed E-state index contributed by atoms with van der Waals surface area (Å²) in [5.41, 5.74) is 3.96. The van der Waals surface area contributed by atoms with Crippen molar-refractivity contribution in [1.29, 1.82) is 0 Å². The summed E-state index contributed by atoms with van der Waals surface area (Å²) in [5, 5.41) is 6.89. The van der Waals surface area contributed by atoms with E-state index >= 15 is 0 Å². The van der Waals surface area contributed by atoms with Crippen LogP contribution in [-0.2, 0) is 4.79 Å². The molecular formula is C27H32ClN7O2. The van der Waals surface area contributed by atoms with Crippen LogP contribution in [0.3, 0.4) is 0 Å². The number of pyridine rings is 1. The Kier molecular flexibility index (Phi) is 6.20. The molecule has 1 amide bonds. The van der Waals surface area contributed by atoms with E-state index in [4.69, 9.17) is 21.3 Å². The molecular weight excluding hydrogens is 490 g/mol.